The molecule has 0 aromatic rings. The molecule has 0 radical (unpaired) electrons. The molecule has 0 spiro atoms. The van der Waals surface area contributed by atoms with Crippen LogP contribution in [0.4, 0.5) is 0 Å². The first-order chi connectivity index (χ1) is 7.01. The van der Waals surface area contributed by atoms with Crippen molar-refractivity contribution in [1.29, 1.82) is 0 Å². The highest BCUT2D eigenvalue weighted by atomic mass is 32.2. The first-order valence-electron chi connectivity index (χ1n) is 5.12. The van der Waals surface area contributed by atoms with E-state index in [1.54, 1.807) is 11.8 Å². The van der Waals surface area contributed by atoms with Crippen molar-refractivity contribution in [2.24, 2.45) is 0 Å². The molecule has 0 rings (SSSR count). The van der Waals surface area contributed by atoms with E-state index in [0.29, 0.717) is 11.0 Å². The summed E-state index contributed by atoms with van der Waals surface area (Å²) in [6.45, 7) is 5.49. The summed E-state index contributed by atoms with van der Waals surface area (Å²) >= 11 is 1.60. The van der Waals surface area contributed by atoms with Crippen LogP contribution in [-0.2, 0) is 9.59 Å². The van der Waals surface area contributed by atoms with Gasteiger partial charge in [-0.1, -0.05) is 13.8 Å². The van der Waals surface area contributed by atoms with Crippen LogP contribution in [0.5, 0.6) is 0 Å². The lowest BCUT2D eigenvalue weighted by molar-refractivity contribution is -0.140. The Bertz CT molecular complexity index is 217. The van der Waals surface area contributed by atoms with Crippen molar-refractivity contribution in [3.63, 3.8) is 0 Å². The van der Waals surface area contributed by atoms with Gasteiger partial charge in [-0.25, -0.2) is 4.79 Å². The van der Waals surface area contributed by atoms with Gasteiger partial charge in [-0.15, -0.1) is 0 Å². The zero-order chi connectivity index (χ0) is 11.8. The largest absolute Gasteiger partial charge is 0.480 e. The molecular formula is C10H19NO3S. The smallest absolute Gasteiger partial charge is 0.327 e. The van der Waals surface area contributed by atoms with E-state index < -0.39 is 12.0 Å². The van der Waals surface area contributed by atoms with Gasteiger partial charge in [0.1, 0.15) is 6.04 Å². The SMILES string of the molecule is CCC(CC)SC[C@H](NC(C)=O)C(=O)O. The number of carbonyl (C=O) groups excluding carboxylic acids is 1. The Labute approximate surface area is 94.8 Å². The lowest BCUT2D eigenvalue weighted by atomic mass is 10.3. The lowest BCUT2D eigenvalue weighted by Crippen LogP contribution is -2.41. The molecular weight excluding hydrogens is 214 g/mol. The van der Waals surface area contributed by atoms with Crippen molar-refractivity contribution < 1.29 is 14.7 Å². The van der Waals surface area contributed by atoms with E-state index in [9.17, 15) is 9.59 Å². The van der Waals surface area contributed by atoms with Crippen LogP contribution in [0.25, 0.3) is 0 Å². The number of hydrogen-bond donors (Lipinski definition) is 2. The van der Waals surface area contributed by atoms with Crippen LogP contribution >= 0.6 is 11.8 Å². The summed E-state index contributed by atoms with van der Waals surface area (Å²) in [6.07, 6.45) is 2.04. The maximum absolute atomic E-state index is 10.8. The minimum absolute atomic E-state index is 0.299. The molecule has 0 fully saturated rings. The maximum Gasteiger partial charge on any atom is 0.327 e. The molecule has 0 aromatic carbocycles. The number of thioether (sulfide) groups is 1. The number of carbonyl (C=O) groups is 2. The van der Waals surface area contributed by atoms with Crippen LogP contribution in [0.3, 0.4) is 0 Å². The van der Waals surface area contributed by atoms with Gasteiger partial charge < -0.3 is 10.4 Å². The van der Waals surface area contributed by atoms with Crippen LogP contribution < -0.4 is 5.32 Å². The number of nitrogens with one attached hydrogen (secondary N) is 1. The Balaban J connectivity index is 4.06. The molecule has 0 unspecified atom stereocenters. The summed E-state index contributed by atoms with van der Waals surface area (Å²) in [7, 11) is 0. The Kier molecular flexibility index (Phi) is 7.21. The molecule has 1 atom stereocenters. The van der Waals surface area contributed by atoms with Gasteiger partial charge in [-0.05, 0) is 12.8 Å². The first kappa shape index (κ1) is 14.3. The fourth-order valence-electron chi connectivity index (χ4n) is 1.18. The van der Waals surface area contributed by atoms with Crippen molar-refractivity contribution in [2.45, 2.75) is 44.9 Å². The van der Waals surface area contributed by atoms with Gasteiger partial charge in [0.05, 0.1) is 0 Å². The predicted molar refractivity (Wildman–Crippen MR) is 62.1 cm³/mol. The molecule has 5 heteroatoms. The van der Waals surface area contributed by atoms with E-state index in [4.69, 9.17) is 5.11 Å². The first-order valence-corrected chi connectivity index (χ1v) is 6.17. The standard InChI is InChI=1S/C10H19NO3S/c1-4-8(5-2)15-6-9(10(13)14)11-7(3)12/h8-9H,4-6H2,1-3H3,(H,11,12)(H,13,14)/t9-/m0/s1. The second-order valence-corrected chi connectivity index (χ2v) is 4.70. The van der Waals surface area contributed by atoms with Gasteiger partial charge >= 0.3 is 5.97 Å². The third-order valence-corrected chi connectivity index (χ3v) is 3.75. The number of aliphatic carboxylic acids is 1. The fourth-order valence-corrected chi connectivity index (χ4v) is 2.34. The molecule has 4 nitrogen and oxygen atoms in total. The van der Waals surface area contributed by atoms with Gasteiger partial charge in [0.15, 0.2) is 0 Å². The molecule has 2 N–H and O–H groups in total. The van der Waals surface area contributed by atoms with Crippen LogP contribution in [-0.4, -0.2) is 34.0 Å². The molecule has 0 aromatic heterocycles. The summed E-state index contributed by atoms with van der Waals surface area (Å²) < 4.78 is 0. The molecule has 0 aliphatic heterocycles. The van der Waals surface area contributed by atoms with E-state index in [2.05, 4.69) is 19.2 Å². The summed E-state index contributed by atoms with van der Waals surface area (Å²) in [5, 5.41) is 11.7. The summed E-state index contributed by atoms with van der Waals surface area (Å²) in [5.74, 6) is -0.836. The van der Waals surface area contributed by atoms with Crippen LogP contribution in [0.1, 0.15) is 33.6 Å². The minimum atomic E-state index is -0.969. The Morgan fingerprint density at radius 1 is 1.33 bits per heavy atom. The van der Waals surface area contributed by atoms with Crippen molar-refractivity contribution in [3.8, 4) is 0 Å². The average molecular weight is 233 g/mol. The minimum Gasteiger partial charge on any atom is -0.480 e. The van der Waals surface area contributed by atoms with Crippen LogP contribution in [0.2, 0.25) is 0 Å². The third-order valence-electron chi connectivity index (χ3n) is 2.08. The highest BCUT2D eigenvalue weighted by Gasteiger charge is 2.19. The molecule has 0 saturated carbocycles. The molecule has 0 aliphatic rings. The van der Waals surface area contributed by atoms with Gasteiger partial charge in [0, 0.05) is 17.9 Å². The topological polar surface area (TPSA) is 66.4 Å². The van der Waals surface area contributed by atoms with Crippen molar-refractivity contribution in [2.75, 3.05) is 5.75 Å². The number of hydrogen-bond acceptors (Lipinski definition) is 3. The van der Waals surface area contributed by atoms with Crippen molar-refractivity contribution >= 4 is 23.6 Å². The van der Waals surface area contributed by atoms with E-state index in [1.807, 2.05) is 0 Å². The number of carboxylic acids is 1. The molecule has 0 aliphatic carbocycles. The fraction of sp³-hybridized carbons (Fsp3) is 0.800. The molecule has 0 heterocycles. The van der Waals surface area contributed by atoms with E-state index in [1.165, 1.54) is 6.92 Å². The quantitative estimate of drug-likeness (QED) is 0.699. The number of rotatable bonds is 7. The average Bonchev–Trinajstić information content (AvgIpc) is 2.16. The van der Waals surface area contributed by atoms with Crippen molar-refractivity contribution in [1.82, 2.24) is 5.32 Å². The van der Waals surface area contributed by atoms with E-state index in [-0.39, 0.29) is 5.91 Å². The number of carboxylic acid groups (broad SMARTS) is 1. The van der Waals surface area contributed by atoms with Crippen LogP contribution in [0.15, 0.2) is 0 Å². The van der Waals surface area contributed by atoms with Gasteiger partial charge in [0.2, 0.25) is 5.91 Å². The summed E-state index contributed by atoms with van der Waals surface area (Å²) in [4.78, 5) is 21.6. The lowest BCUT2D eigenvalue weighted by Gasteiger charge is -2.16. The maximum atomic E-state index is 10.8. The second-order valence-electron chi connectivity index (χ2n) is 3.36. The second kappa shape index (κ2) is 7.56. The molecule has 1 amide bonds. The van der Waals surface area contributed by atoms with E-state index >= 15 is 0 Å². The van der Waals surface area contributed by atoms with Gasteiger partial charge in [0.25, 0.3) is 0 Å². The third kappa shape index (κ3) is 6.38. The highest BCUT2D eigenvalue weighted by molar-refractivity contribution is 7.99. The monoisotopic (exact) mass is 233 g/mol. The molecule has 0 saturated heterocycles. The summed E-state index contributed by atoms with van der Waals surface area (Å²) in [5.41, 5.74) is 0. The zero-order valence-corrected chi connectivity index (χ0v) is 10.3. The van der Waals surface area contributed by atoms with Gasteiger partial charge in [-0.3, -0.25) is 4.79 Å². The van der Waals surface area contributed by atoms with Crippen LogP contribution in [0, 0.1) is 0 Å². The molecule has 88 valence electrons. The Morgan fingerprint density at radius 2 is 1.87 bits per heavy atom. The molecule has 15 heavy (non-hydrogen) atoms. The zero-order valence-electron chi connectivity index (χ0n) is 9.45. The Morgan fingerprint density at radius 3 is 2.20 bits per heavy atom. The predicted octanol–water partition coefficient (Wildman–Crippen LogP) is 1.50. The van der Waals surface area contributed by atoms with Gasteiger partial charge in [-0.2, -0.15) is 11.8 Å². The summed E-state index contributed by atoms with van der Waals surface area (Å²) in [6, 6.07) is -0.770. The normalized spacial score (nSPS) is 12.5. The number of amides is 1. The Hall–Kier alpha value is -0.710. The van der Waals surface area contributed by atoms with E-state index in [0.717, 1.165) is 12.8 Å². The van der Waals surface area contributed by atoms with Crippen molar-refractivity contribution in [3.05, 3.63) is 0 Å². The molecule has 0 bridgehead atoms. The highest BCUT2D eigenvalue weighted by Crippen LogP contribution is 2.18.